The van der Waals surface area contributed by atoms with E-state index in [1.807, 2.05) is 51.1 Å². The highest BCUT2D eigenvalue weighted by Crippen LogP contribution is 2.31. The van der Waals surface area contributed by atoms with E-state index in [1.54, 1.807) is 12.1 Å². The Labute approximate surface area is 133 Å². The van der Waals surface area contributed by atoms with Crippen LogP contribution in [0.2, 0.25) is 0 Å². The standard InChI is InChI=1S/C19H18N2O2/c1-11-7-14(9-18(22)20-11)16-5-4-6-17(13(16)3)15-8-12(2)21-19(23)10-15/h4-10H,1-3H3,(H,20,22)(H,21,23). The van der Waals surface area contributed by atoms with Crippen LogP contribution in [-0.2, 0) is 0 Å². The monoisotopic (exact) mass is 306 g/mol. The van der Waals surface area contributed by atoms with Crippen LogP contribution >= 0.6 is 0 Å². The third-order valence-electron chi connectivity index (χ3n) is 3.91. The van der Waals surface area contributed by atoms with Crippen LogP contribution in [-0.4, -0.2) is 9.97 Å². The number of benzene rings is 1. The van der Waals surface area contributed by atoms with E-state index >= 15 is 0 Å². The molecule has 0 spiro atoms. The predicted octanol–water partition coefficient (Wildman–Crippen LogP) is 3.32. The van der Waals surface area contributed by atoms with Gasteiger partial charge in [-0.05, 0) is 60.7 Å². The minimum atomic E-state index is -0.114. The first-order chi connectivity index (χ1) is 10.9. The van der Waals surface area contributed by atoms with Crippen LogP contribution in [0.25, 0.3) is 22.3 Å². The van der Waals surface area contributed by atoms with Crippen LogP contribution in [0.4, 0.5) is 0 Å². The Morgan fingerprint density at radius 2 is 1.13 bits per heavy atom. The van der Waals surface area contributed by atoms with Gasteiger partial charge in [0.2, 0.25) is 11.1 Å². The van der Waals surface area contributed by atoms with Gasteiger partial charge in [0.05, 0.1) is 0 Å². The summed E-state index contributed by atoms with van der Waals surface area (Å²) in [5.74, 6) is 0. The largest absolute Gasteiger partial charge is 0.326 e. The number of nitrogens with one attached hydrogen (secondary N) is 2. The summed E-state index contributed by atoms with van der Waals surface area (Å²) in [6.45, 7) is 5.74. The second kappa shape index (κ2) is 5.72. The van der Waals surface area contributed by atoms with Crippen molar-refractivity contribution in [2.45, 2.75) is 20.8 Å². The molecule has 0 aliphatic rings. The van der Waals surface area contributed by atoms with Crippen LogP contribution in [0, 0.1) is 20.8 Å². The number of aryl methyl sites for hydroxylation is 2. The summed E-state index contributed by atoms with van der Waals surface area (Å²) in [6, 6.07) is 13.0. The quantitative estimate of drug-likeness (QED) is 0.762. The molecule has 0 saturated carbocycles. The molecular weight excluding hydrogens is 288 g/mol. The molecule has 2 N–H and O–H groups in total. The predicted molar refractivity (Wildman–Crippen MR) is 92.8 cm³/mol. The van der Waals surface area contributed by atoms with Crippen molar-refractivity contribution < 1.29 is 0 Å². The lowest BCUT2D eigenvalue weighted by molar-refractivity contribution is 1.14. The fourth-order valence-corrected chi connectivity index (χ4v) is 2.94. The molecule has 23 heavy (non-hydrogen) atoms. The minimum Gasteiger partial charge on any atom is -0.326 e. The van der Waals surface area contributed by atoms with Gasteiger partial charge >= 0.3 is 0 Å². The summed E-state index contributed by atoms with van der Waals surface area (Å²) in [4.78, 5) is 29.0. The molecule has 0 saturated heterocycles. The zero-order valence-electron chi connectivity index (χ0n) is 13.4. The summed E-state index contributed by atoms with van der Waals surface area (Å²) in [7, 11) is 0. The molecule has 4 heteroatoms. The summed E-state index contributed by atoms with van der Waals surface area (Å²) in [5.41, 5.74) is 6.22. The third-order valence-corrected chi connectivity index (χ3v) is 3.91. The topological polar surface area (TPSA) is 65.7 Å². The van der Waals surface area contributed by atoms with Gasteiger partial charge in [0, 0.05) is 23.5 Å². The Kier molecular flexibility index (Phi) is 3.74. The molecule has 3 rings (SSSR count). The van der Waals surface area contributed by atoms with E-state index in [9.17, 15) is 9.59 Å². The highest BCUT2D eigenvalue weighted by molar-refractivity contribution is 5.78. The minimum absolute atomic E-state index is 0.114. The number of hydrogen-bond acceptors (Lipinski definition) is 2. The van der Waals surface area contributed by atoms with E-state index in [0.29, 0.717) is 0 Å². The number of aromatic nitrogens is 2. The van der Waals surface area contributed by atoms with E-state index in [1.165, 1.54) is 0 Å². The Balaban J connectivity index is 2.22. The van der Waals surface area contributed by atoms with Gasteiger partial charge in [-0.3, -0.25) is 9.59 Å². The number of hydrogen-bond donors (Lipinski definition) is 2. The Bertz CT molecular complexity index is 919. The van der Waals surface area contributed by atoms with Crippen molar-refractivity contribution in [1.29, 1.82) is 0 Å². The average Bonchev–Trinajstić information content (AvgIpc) is 2.45. The molecule has 0 radical (unpaired) electrons. The maximum atomic E-state index is 11.7. The van der Waals surface area contributed by atoms with Gasteiger partial charge in [-0.1, -0.05) is 18.2 Å². The molecule has 0 bridgehead atoms. The summed E-state index contributed by atoms with van der Waals surface area (Å²) >= 11 is 0. The van der Waals surface area contributed by atoms with E-state index < -0.39 is 0 Å². The van der Waals surface area contributed by atoms with Gasteiger partial charge in [0.1, 0.15) is 0 Å². The first kappa shape index (κ1) is 15.0. The Morgan fingerprint density at radius 1 is 0.696 bits per heavy atom. The van der Waals surface area contributed by atoms with Crippen molar-refractivity contribution in [3.8, 4) is 22.3 Å². The van der Waals surface area contributed by atoms with Crippen LogP contribution in [0.1, 0.15) is 17.0 Å². The second-order valence-electron chi connectivity index (χ2n) is 5.81. The van der Waals surface area contributed by atoms with Crippen molar-refractivity contribution in [3.63, 3.8) is 0 Å². The first-order valence-corrected chi connectivity index (χ1v) is 7.46. The van der Waals surface area contributed by atoms with Crippen LogP contribution in [0.15, 0.2) is 52.1 Å². The van der Waals surface area contributed by atoms with Gasteiger partial charge in [-0.15, -0.1) is 0 Å². The van der Waals surface area contributed by atoms with Crippen LogP contribution in [0.3, 0.4) is 0 Å². The first-order valence-electron chi connectivity index (χ1n) is 7.46. The molecule has 1 aromatic carbocycles. The van der Waals surface area contributed by atoms with Gasteiger partial charge in [-0.25, -0.2) is 0 Å². The normalized spacial score (nSPS) is 10.7. The van der Waals surface area contributed by atoms with E-state index in [-0.39, 0.29) is 11.1 Å². The Morgan fingerprint density at radius 3 is 1.52 bits per heavy atom. The Hall–Kier alpha value is -2.88. The SMILES string of the molecule is Cc1cc(-c2cccc(-c3cc(C)[nH]c(=O)c3)c2C)cc(=O)[nH]1. The van der Waals surface area contributed by atoms with E-state index in [4.69, 9.17) is 0 Å². The van der Waals surface area contributed by atoms with Crippen molar-refractivity contribution in [2.75, 3.05) is 0 Å². The van der Waals surface area contributed by atoms with Crippen molar-refractivity contribution >= 4 is 0 Å². The van der Waals surface area contributed by atoms with Gasteiger partial charge < -0.3 is 9.97 Å². The highest BCUT2D eigenvalue weighted by atomic mass is 16.1. The van der Waals surface area contributed by atoms with Crippen LogP contribution < -0.4 is 11.1 Å². The second-order valence-corrected chi connectivity index (χ2v) is 5.81. The fraction of sp³-hybridized carbons (Fsp3) is 0.158. The number of H-pyrrole nitrogens is 2. The number of aromatic amines is 2. The molecule has 0 aliphatic heterocycles. The molecule has 4 nitrogen and oxygen atoms in total. The molecule has 116 valence electrons. The molecule has 2 heterocycles. The van der Waals surface area contributed by atoms with Gasteiger partial charge in [0.15, 0.2) is 0 Å². The third kappa shape index (κ3) is 3.01. The maximum absolute atomic E-state index is 11.7. The summed E-state index contributed by atoms with van der Waals surface area (Å²) in [5, 5.41) is 0. The van der Waals surface area contributed by atoms with Crippen molar-refractivity contribution in [2.24, 2.45) is 0 Å². The molecular formula is C19H18N2O2. The zero-order valence-corrected chi connectivity index (χ0v) is 13.4. The van der Waals surface area contributed by atoms with Crippen molar-refractivity contribution in [1.82, 2.24) is 9.97 Å². The molecule has 0 amide bonds. The fourth-order valence-electron chi connectivity index (χ4n) is 2.94. The van der Waals surface area contributed by atoms with E-state index in [0.717, 1.165) is 39.2 Å². The molecule has 0 unspecified atom stereocenters. The lowest BCUT2D eigenvalue weighted by Crippen LogP contribution is -2.07. The van der Waals surface area contributed by atoms with Crippen LogP contribution in [0.5, 0.6) is 0 Å². The van der Waals surface area contributed by atoms with Gasteiger partial charge in [-0.2, -0.15) is 0 Å². The smallest absolute Gasteiger partial charge is 0.248 e. The van der Waals surface area contributed by atoms with Crippen molar-refractivity contribution in [3.05, 3.63) is 80.1 Å². The summed E-state index contributed by atoms with van der Waals surface area (Å²) in [6.07, 6.45) is 0. The molecule has 0 atom stereocenters. The maximum Gasteiger partial charge on any atom is 0.248 e. The molecule has 0 fully saturated rings. The van der Waals surface area contributed by atoms with E-state index in [2.05, 4.69) is 9.97 Å². The highest BCUT2D eigenvalue weighted by Gasteiger charge is 2.10. The lowest BCUT2D eigenvalue weighted by Gasteiger charge is -2.12. The zero-order chi connectivity index (χ0) is 16.6. The average molecular weight is 306 g/mol. The molecule has 2 aromatic heterocycles. The number of rotatable bonds is 2. The molecule has 3 aromatic rings. The lowest BCUT2D eigenvalue weighted by atomic mass is 9.93. The number of pyridine rings is 2. The molecule has 0 aliphatic carbocycles. The summed E-state index contributed by atoms with van der Waals surface area (Å²) < 4.78 is 0. The van der Waals surface area contributed by atoms with Gasteiger partial charge in [0.25, 0.3) is 0 Å².